The number of hydrogen-bond donors (Lipinski definition) is 1. The molecule has 0 fully saturated rings. The third kappa shape index (κ3) is 7.34. The number of nitrogens with one attached hydrogen (secondary N) is 1. The summed E-state index contributed by atoms with van der Waals surface area (Å²) in [6.45, 7) is 1.44. The molecule has 0 radical (unpaired) electrons. The van der Waals surface area contributed by atoms with Crippen LogP contribution in [0.4, 0.5) is 13.2 Å². The zero-order valence-electron chi connectivity index (χ0n) is 15.3. The van der Waals surface area contributed by atoms with Gasteiger partial charge in [-0.05, 0) is 17.7 Å². The lowest BCUT2D eigenvalue weighted by molar-refractivity contribution is -0.139. The van der Waals surface area contributed by atoms with Gasteiger partial charge in [0, 0.05) is 49.1 Å². The lowest BCUT2D eigenvalue weighted by Crippen LogP contribution is -2.23. The van der Waals surface area contributed by atoms with Gasteiger partial charge in [0.2, 0.25) is 5.88 Å². The Bertz CT molecular complexity index is 808. The first-order valence-corrected chi connectivity index (χ1v) is 8.66. The Kier molecular flexibility index (Phi) is 7.48. The van der Waals surface area contributed by atoms with Gasteiger partial charge in [0.15, 0.2) is 0 Å². The van der Waals surface area contributed by atoms with Gasteiger partial charge in [-0.2, -0.15) is 13.2 Å². The van der Waals surface area contributed by atoms with Gasteiger partial charge < -0.3 is 10.1 Å². The average Bonchev–Trinajstić information content (AvgIpc) is 2.66. The molecule has 2 rings (SSSR count). The zero-order valence-corrected chi connectivity index (χ0v) is 15.3. The maximum absolute atomic E-state index is 12.3. The molecule has 9 heteroatoms. The second-order valence-corrected chi connectivity index (χ2v) is 6.01. The number of aromatic nitrogens is 2. The molecule has 1 amide bonds. The Hall–Kier alpha value is -2.97. The molecule has 28 heavy (non-hydrogen) atoms. The van der Waals surface area contributed by atoms with E-state index in [2.05, 4.69) is 15.3 Å². The molecule has 0 aliphatic heterocycles. The quantitative estimate of drug-likeness (QED) is 0.705. The minimum atomic E-state index is -4.28. The molecule has 0 aromatic carbocycles. The van der Waals surface area contributed by atoms with E-state index in [1.807, 2.05) is 0 Å². The molecule has 0 bridgehead atoms. The topological polar surface area (TPSA) is 81.2 Å². The second kappa shape index (κ2) is 9.82. The first-order valence-electron chi connectivity index (χ1n) is 8.66. The van der Waals surface area contributed by atoms with Crippen LogP contribution < -0.4 is 10.1 Å². The zero-order chi connectivity index (χ0) is 20.6. The van der Waals surface area contributed by atoms with E-state index < -0.39 is 19.2 Å². The van der Waals surface area contributed by atoms with Gasteiger partial charge in [-0.15, -0.1) is 0 Å². The van der Waals surface area contributed by atoms with Gasteiger partial charge in [0.1, 0.15) is 5.78 Å². The molecule has 0 spiro atoms. The van der Waals surface area contributed by atoms with Crippen molar-refractivity contribution in [1.29, 1.82) is 0 Å². The van der Waals surface area contributed by atoms with Gasteiger partial charge in [-0.1, -0.05) is 13.0 Å². The molecule has 0 unspecified atom stereocenters. The average molecular weight is 395 g/mol. The predicted molar refractivity (Wildman–Crippen MR) is 94.8 cm³/mol. The number of carbonyl (C=O) groups is 2. The summed E-state index contributed by atoms with van der Waals surface area (Å²) >= 11 is 0. The normalized spacial score (nSPS) is 11.1. The maximum atomic E-state index is 12.3. The number of Topliss-reactive ketones (excluding diaryl/α,β-unsaturated/α-hetero) is 1. The van der Waals surface area contributed by atoms with Crippen LogP contribution in [0.25, 0.3) is 0 Å². The van der Waals surface area contributed by atoms with Crippen LogP contribution in [-0.4, -0.2) is 34.4 Å². The summed E-state index contributed by atoms with van der Waals surface area (Å²) in [7, 11) is 0. The smallest absolute Gasteiger partial charge is 0.392 e. The predicted octanol–water partition coefficient (Wildman–Crippen LogP) is 3.26. The summed E-state index contributed by atoms with van der Waals surface area (Å²) in [5.74, 6) is -0.217. The number of nitrogens with zero attached hydrogens (tertiary/aromatic N) is 2. The van der Waals surface area contributed by atoms with Gasteiger partial charge in [-0.25, -0.2) is 4.98 Å². The highest BCUT2D eigenvalue weighted by molar-refractivity contribution is 5.94. The van der Waals surface area contributed by atoms with Crippen LogP contribution in [0.1, 0.15) is 41.4 Å². The first kappa shape index (κ1) is 21.3. The summed E-state index contributed by atoms with van der Waals surface area (Å²) < 4.78 is 41.2. The van der Waals surface area contributed by atoms with E-state index in [0.717, 1.165) is 0 Å². The van der Waals surface area contributed by atoms with Crippen LogP contribution in [0.5, 0.6) is 5.88 Å². The summed E-state index contributed by atoms with van der Waals surface area (Å²) in [4.78, 5) is 31.8. The molecule has 0 aliphatic carbocycles. The fourth-order valence-electron chi connectivity index (χ4n) is 2.20. The number of ether oxygens (including phenoxy) is 1. The molecule has 0 saturated heterocycles. The standard InChI is InChI=1S/C19H20F3N3O3/c1-2-16(26)10-15-9-14(5-7-23-15)18(27)25-12-13-3-4-17(24-11-13)28-8-6-19(20,21)22/h3-5,7,9,11H,2,6,8,10,12H2,1H3,(H,25,27). The third-order valence-electron chi connectivity index (χ3n) is 3.74. The largest absolute Gasteiger partial charge is 0.477 e. The van der Waals surface area contributed by atoms with Crippen LogP contribution in [-0.2, 0) is 17.8 Å². The van der Waals surface area contributed by atoms with E-state index >= 15 is 0 Å². The van der Waals surface area contributed by atoms with Crippen molar-refractivity contribution < 1.29 is 27.5 Å². The van der Waals surface area contributed by atoms with Gasteiger partial charge in [-0.3, -0.25) is 14.6 Å². The molecule has 0 saturated carbocycles. The maximum Gasteiger partial charge on any atom is 0.392 e. The summed E-state index contributed by atoms with van der Waals surface area (Å²) in [5.41, 5.74) is 1.57. The van der Waals surface area contributed by atoms with Gasteiger partial charge in [0.25, 0.3) is 5.91 Å². The number of alkyl halides is 3. The summed E-state index contributed by atoms with van der Waals surface area (Å²) in [6.07, 6.45) is -1.85. The molecule has 1 N–H and O–H groups in total. The summed E-state index contributed by atoms with van der Waals surface area (Å²) in [5, 5.41) is 2.71. The minimum Gasteiger partial charge on any atom is -0.477 e. The van der Waals surface area contributed by atoms with Crippen molar-refractivity contribution in [3.05, 3.63) is 53.5 Å². The lowest BCUT2D eigenvalue weighted by Gasteiger charge is -2.09. The molecule has 0 aliphatic rings. The van der Waals surface area contributed by atoms with Crippen molar-refractivity contribution in [3.63, 3.8) is 0 Å². The van der Waals surface area contributed by atoms with Crippen LogP contribution >= 0.6 is 0 Å². The monoisotopic (exact) mass is 395 g/mol. The molecular weight excluding hydrogens is 375 g/mol. The van der Waals surface area contributed by atoms with E-state index in [0.29, 0.717) is 23.2 Å². The Morgan fingerprint density at radius 3 is 2.61 bits per heavy atom. The Balaban J connectivity index is 1.85. The van der Waals surface area contributed by atoms with Crippen molar-refractivity contribution in [2.75, 3.05) is 6.61 Å². The molecule has 2 aromatic rings. The number of carbonyl (C=O) groups excluding carboxylic acids is 2. The third-order valence-corrected chi connectivity index (χ3v) is 3.74. The van der Waals surface area contributed by atoms with Crippen molar-refractivity contribution in [2.45, 2.75) is 38.9 Å². The highest BCUT2D eigenvalue weighted by atomic mass is 19.4. The first-order chi connectivity index (χ1) is 13.3. The van der Waals surface area contributed by atoms with Crippen LogP contribution in [0.15, 0.2) is 36.7 Å². The van der Waals surface area contributed by atoms with Crippen molar-refractivity contribution in [1.82, 2.24) is 15.3 Å². The van der Waals surface area contributed by atoms with Crippen LogP contribution in [0, 0.1) is 0 Å². The molecule has 150 valence electrons. The van der Waals surface area contributed by atoms with Crippen LogP contribution in [0.2, 0.25) is 0 Å². The van der Waals surface area contributed by atoms with Crippen molar-refractivity contribution >= 4 is 11.7 Å². The number of pyridine rings is 2. The number of rotatable bonds is 9. The fourth-order valence-corrected chi connectivity index (χ4v) is 2.20. The van der Waals surface area contributed by atoms with E-state index in [9.17, 15) is 22.8 Å². The number of ketones is 1. The Morgan fingerprint density at radius 2 is 1.96 bits per heavy atom. The molecule has 2 aromatic heterocycles. The van der Waals surface area contributed by atoms with E-state index in [-0.39, 0.29) is 30.5 Å². The number of hydrogen-bond acceptors (Lipinski definition) is 5. The molecule has 2 heterocycles. The number of halogens is 3. The number of amides is 1. The molecular formula is C19H20F3N3O3. The van der Waals surface area contributed by atoms with E-state index in [1.165, 1.54) is 18.5 Å². The molecule has 0 atom stereocenters. The Labute approximate surface area is 160 Å². The second-order valence-electron chi connectivity index (χ2n) is 6.01. The highest BCUT2D eigenvalue weighted by Gasteiger charge is 2.26. The van der Waals surface area contributed by atoms with Crippen molar-refractivity contribution in [2.24, 2.45) is 0 Å². The molecule has 6 nitrogen and oxygen atoms in total. The Morgan fingerprint density at radius 1 is 1.18 bits per heavy atom. The SMILES string of the molecule is CCC(=O)Cc1cc(C(=O)NCc2ccc(OCCC(F)(F)F)nc2)ccn1. The lowest BCUT2D eigenvalue weighted by atomic mass is 10.1. The fraction of sp³-hybridized carbons (Fsp3) is 0.368. The highest BCUT2D eigenvalue weighted by Crippen LogP contribution is 2.19. The van der Waals surface area contributed by atoms with Crippen molar-refractivity contribution in [3.8, 4) is 5.88 Å². The van der Waals surface area contributed by atoms with Gasteiger partial charge >= 0.3 is 6.18 Å². The minimum absolute atomic E-state index is 0.0358. The van der Waals surface area contributed by atoms with Gasteiger partial charge in [0.05, 0.1) is 13.0 Å². The van der Waals surface area contributed by atoms with E-state index in [1.54, 1.807) is 25.1 Å². The summed E-state index contributed by atoms with van der Waals surface area (Å²) in [6, 6.07) is 6.16. The van der Waals surface area contributed by atoms with Crippen LogP contribution in [0.3, 0.4) is 0 Å². The van der Waals surface area contributed by atoms with E-state index in [4.69, 9.17) is 4.74 Å².